The fourth-order valence-electron chi connectivity index (χ4n) is 1.12. The fraction of sp³-hybridized carbons (Fsp3) is 0.100. The van der Waals surface area contributed by atoms with Crippen molar-refractivity contribution in [3.05, 3.63) is 28.2 Å². The lowest BCUT2D eigenvalue weighted by Gasteiger charge is -1.89. The Morgan fingerprint density at radius 3 is 3.14 bits per heavy atom. The van der Waals surface area contributed by atoms with Crippen molar-refractivity contribution in [2.75, 3.05) is 5.75 Å². The van der Waals surface area contributed by atoms with E-state index < -0.39 is 0 Å². The second-order valence-corrected chi connectivity index (χ2v) is 4.54. The minimum atomic E-state index is 0.569. The lowest BCUT2D eigenvalue weighted by molar-refractivity contribution is 1.49. The van der Waals surface area contributed by atoms with Crippen LogP contribution in [0.4, 0.5) is 0 Å². The Hall–Kier alpha value is -0.690. The Balaban J connectivity index is 2.50. The maximum atomic E-state index is 5.80. The predicted octanol–water partition coefficient (Wildman–Crippen LogP) is 3.23. The number of nitrogens with zero attached hydrogens (tertiary/aromatic N) is 1. The summed E-state index contributed by atoms with van der Waals surface area (Å²) in [6, 6.07) is 5.87. The highest BCUT2D eigenvalue weighted by Gasteiger charge is 2.00. The molecule has 4 heteroatoms. The van der Waals surface area contributed by atoms with Gasteiger partial charge in [-0.3, -0.25) is 0 Å². The molecule has 0 saturated carbocycles. The molecule has 0 amide bonds. The molecule has 1 aromatic carbocycles. The first kappa shape index (κ1) is 9.85. The summed E-state index contributed by atoms with van der Waals surface area (Å²) in [5.41, 5.74) is 1.91. The number of fused-ring (bicyclic) bond motifs is 1. The third-order valence-electron chi connectivity index (χ3n) is 1.67. The van der Waals surface area contributed by atoms with Gasteiger partial charge in [0.15, 0.2) is 4.47 Å². The van der Waals surface area contributed by atoms with Crippen molar-refractivity contribution in [1.29, 1.82) is 0 Å². The summed E-state index contributed by atoms with van der Waals surface area (Å²) in [5.74, 6) is 6.48. The van der Waals surface area contributed by atoms with E-state index in [1.165, 1.54) is 11.3 Å². The molecular weight excluding hydrogens is 234 g/mol. The van der Waals surface area contributed by atoms with Crippen LogP contribution in [0.15, 0.2) is 18.2 Å². The minimum Gasteiger partial charge on any atom is -0.225 e. The molecule has 0 radical (unpaired) electrons. The number of hydrogen-bond acceptors (Lipinski definition) is 3. The van der Waals surface area contributed by atoms with Crippen LogP contribution in [0, 0.1) is 11.8 Å². The average Bonchev–Trinajstić information content (AvgIpc) is 2.54. The molecule has 0 fully saturated rings. The van der Waals surface area contributed by atoms with E-state index in [9.17, 15) is 0 Å². The Morgan fingerprint density at radius 2 is 2.36 bits per heavy atom. The monoisotopic (exact) mass is 239 g/mol. The van der Waals surface area contributed by atoms with Gasteiger partial charge in [-0.15, -0.1) is 11.3 Å². The number of thiol groups is 1. The van der Waals surface area contributed by atoms with Gasteiger partial charge in [0.05, 0.1) is 16.0 Å². The molecule has 0 bridgehead atoms. The lowest BCUT2D eigenvalue weighted by Crippen LogP contribution is -1.74. The predicted molar refractivity (Wildman–Crippen MR) is 65.4 cm³/mol. The molecule has 1 aromatic heterocycles. The number of hydrogen-bond donors (Lipinski definition) is 1. The molecule has 0 N–H and O–H groups in total. The molecule has 14 heavy (non-hydrogen) atoms. The van der Waals surface area contributed by atoms with Crippen molar-refractivity contribution in [2.24, 2.45) is 0 Å². The van der Waals surface area contributed by atoms with Gasteiger partial charge in [0.25, 0.3) is 0 Å². The third kappa shape index (κ3) is 2.03. The highest BCUT2D eigenvalue weighted by molar-refractivity contribution is 7.80. The summed E-state index contributed by atoms with van der Waals surface area (Å²) in [5, 5.41) is 0. The normalized spacial score (nSPS) is 9.86. The van der Waals surface area contributed by atoms with Crippen LogP contribution < -0.4 is 0 Å². The molecule has 0 atom stereocenters. The molecule has 0 saturated heterocycles. The zero-order valence-electron chi connectivity index (χ0n) is 7.12. The SMILES string of the molecule is SCC#Cc1ccc2nc(Cl)sc2c1. The van der Waals surface area contributed by atoms with Crippen molar-refractivity contribution >= 4 is 45.8 Å². The van der Waals surface area contributed by atoms with Gasteiger partial charge in [-0.25, -0.2) is 4.98 Å². The highest BCUT2D eigenvalue weighted by Crippen LogP contribution is 2.25. The van der Waals surface area contributed by atoms with Gasteiger partial charge in [0.2, 0.25) is 0 Å². The number of thiazole rings is 1. The fourth-order valence-corrected chi connectivity index (χ4v) is 2.26. The van der Waals surface area contributed by atoms with Gasteiger partial charge in [-0.05, 0) is 18.2 Å². The van der Waals surface area contributed by atoms with Crippen LogP contribution in [0.5, 0.6) is 0 Å². The lowest BCUT2D eigenvalue weighted by atomic mass is 10.2. The first-order valence-corrected chi connectivity index (χ1v) is 5.78. The van der Waals surface area contributed by atoms with Crippen LogP contribution in [-0.4, -0.2) is 10.7 Å². The van der Waals surface area contributed by atoms with E-state index in [0.717, 1.165) is 15.8 Å². The molecule has 0 aliphatic carbocycles. The maximum absolute atomic E-state index is 5.80. The minimum absolute atomic E-state index is 0.569. The quantitative estimate of drug-likeness (QED) is 0.550. The Morgan fingerprint density at radius 1 is 1.50 bits per heavy atom. The molecular formula is C10H6ClNS2. The van der Waals surface area contributed by atoms with E-state index in [4.69, 9.17) is 11.6 Å². The maximum Gasteiger partial charge on any atom is 0.184 e. The van der Waals surface area contributed by atoms with Gasteiger partial charge in [0, 0.05) is 5.56 Å². The number of aromatic nitrogens is 1. The summed E-state index contributed by atoms with van der Waals surface area (Å²) >= 11 is 11.3. The Bertz CT molecular complexity index is 522. The van der Waals surface area contributed by atoms with E-state index in [2.05, 4.69) is 29.5 Å². The molecule has 2 rings (SSSR count). The zero-order valence-corrected chi connectivity index (χ0v) is 9.59. The standard InChI is InChI=1S/C10H6ClNS2/c11-10-12-8-4-3-7(2-1-5-13)6-9(8)14-10/h3-4,6,13H,5H2. The molecule has 70 valence electrons. The largest absolute Gasteiger partial charge is 0.225 e. The molecule has 1 heterocycles. The summed E-state index contributed by atoms with van der Waals surface area (Å²) in [6.07, 6.45) is 0. The molecule has 0 aliphatic rings. The molecule has 0 spiro atoms. The first-order valence-electron chi connectivity index (χ1n) is 3.95. The Kier molecular flexibility index (Phi) is 2.97. The topological polar surface area (TPSA) is 12.9 Å². The van der Waals surface area contributed by atoms with E-state index in [1.54, 1.807) is 0 Å². The van der Waals surface area contributed by atoms with Crippen molar-refractivity contribution in [2.45, 2.75) is 0 Å². The van der Waals surface area contributed by atoms with Crippen LogP contribution >= 0.6 is 35.6 Å². The first-order chi connectivity index (χ1) is 6.79. The van der Waals surface area contributed by atoms with E-state index >= 15 is 0 Å². The smallest absolute Gasteiger partial charge is 0.184 e. The van der Waals surface area contributed by atoms with Crippen LogP contribution in [0.1, 0.15) is 5.56 Å². The van der Waals surface area contributed by atoms with Gasteiger partial charge >= 0.3 is 0 Å². The van der Waals surface area contributed by atoms with Gasteiger partial charge in [-0.1, -0.05) is 23.4 Å². The van der Waals surface area contributed by atoms with Gasteiger partial charge < -0.3 is 0 Å². The molecule has 2 aromatic rings. The third-order valence-corrected chi connectivity index (χ3v) is 2.95. The van der Waals surface area contributed by atoms with Crippen molar-refractivity contribution in [3.8, 4) is 11.8 Å². The number of rotatable bonds is 0. The second kappa shape index (κ2) is 4.22. The van der Waals surface area contributed by atoms with Crippen molar-refractivity contribution in [3.63, 3.8) is 0 Å². The van der Waals surface area contributed by atoms with Crippen LogP contribution in [0.25, 0.3) is 10.2 Å². The summed E-state index contributed by atoms with van der Waals surface area (Å²) in [6.45, 7) is 0. The second-order valence-electron chi connectivity index (χ2n) is 2.61. The number of benzene rings is 1. The van der Waals surface area contributed by atoms with E-state index in [0.29, 0.717) is 10.2 Å². The van der Waals surface area contributed by atoms with Crippen LogP contribution in [-0.2, 0) is 0 Å². The van der Waals surface area contributed by atoms with Crippen LogP contribution in [0.3, 0.4) is 0 Å². The van der Waals surface area contributed by atoms with E-state index in [1.807, 2.05) is 18.2 Å². The molecule has 1 nitrogen and oxygen atoms in total. The van der Waals surface area contributed by atoms with Crippen molar-refractivity contribution < 1.29 is 0 Å². The summed E-state index contributed by atoms with van der Waals surface area (Å²) in [7, 11) is 0. The highest BCUT2D eigenvalue weighted by atomic mass is 35.5. The average molecular weight is 240 g/mol. The molecule has 0 aliphatic heterocycles. The van der Waals surface area contributed by atoms with E-state index in [-0.39, 0.29) is 0 Å². The summed E-state index contributed by atoms with van der Waals surface area (Å²) < 4.78 is 1.64. The zero-order chi connectivity index (χ0) is 9.97. The number of halogens is 1. The van der Waals surface area contributed by atoms with Crippen molar-refractivity contribution in [1.82, 2.24) is 4.98 Å². The summed E-state index contributed by atoms with van der Waals surface area (Å²) in [4.78, 5) is 4.16. The van der Waals surface area contributed by atoms with Gasteiger partial charge in [-0.2, -0.15) is 12.6 Å². The van der Waals surface area contributed by atoms with Crippen LogP contribution in [0.2, 0.25) is 4.47 Å². The Labute approximate surface area is 96.5 Å². The van der Waals surface area contributed by atoms with Gasteiger partial charge in [0.1, 0.15) is 0 Å². The molecule has 0 unspecified atom stereocenters.